The molecule has 0 saturated carbocycles. The van der Waals surface area contributed by atoms with Crippen LogP contribution in [-0.4, -0.2) is 24.5 Å². The molecule has 1 unspecified atom stereocenters. The Balaban J connectivity index is 2.93. The molecule has 5 nitrogen and oxygen atoms in total. The minimum absolute atomic E-state index is 0.145. The van der Waals surface area contributed by atoms with Gasteiger partial charge in [-0.3, -0.25) is 4.79 Å². The molecule has 1 aromatic heterocycles. The third-order valence-electron chi connectivity index (χ3n) is 2.54. The SMILES string of the molecule is C#CCC(N)C(=O)Nc1sc(CC)cc1C(=O)OCC. The molecular weight excluding hydrogens is 276 g/mol. The third kappa shape index (κ3) is 4.08. The van der Waals surface area contributed by atoms with E-state index in [0.717, 1.165) is 11.3 Å². The van der Waals surface area contributed by atoms with Crippen molar-refractivity contribution in [2.24, 2.45) is 5.73 Å². The quantitative estimate of drug-likeness (QED) is 0.619. The number of esters is 1. The van der Waals surface area contributed by atoms with Crippen molar-refractivity contribution in [2.75, 3.05) is 11.9 Å². The van der Waals surface area contributed by atoms with Crippen LogP contribution in [0.3, 0.4) is 0 Å². The minimum atomic E-state index is -0.790. The fraction of sp³-hybridized carbons (Fsp3) is 0.429. The molecule has 1 rings (SSSR count). The van der Waals surface area contributed by atoms with Gasteiger partial charge in [0.2, 0.25) is 5.91 Å². The Bertz CT molecular complexity index is 531. The molecule has 1 aromatic rings. The maximum absolute atomic E-state index is 11.9. The first-order valence-electron chi connectivity index (χ1n) is 6.33. The Morgan fingerprint density at radius 3 is 2.80 bits per heavy atom. The van der Waals surface area contributed by atoms with Gasteiger partial charge in [0.05, 0.1) is 18.2 Å². The van der Waals surface area contributed by atoms with Gasteiger partial charge in [0, 0.05) is 11.3 Å². The second-order valence-corrected chi connectivity index (χ2v) is 5.17. The van der Waals surface area contributed by atoms with Crippen LogP contribution in [0, 0.1) is 12.3 Å². The fourth-order valence-corrected chi connectivity index (χ4v) is 2.48. The molecule has 0 saturated heterocycles. The van der Waals surface area contributed by atoms with Crippen LogP contribution in [0.15, 0.2) is 6.07 Å². The molecule has 3 N–H and O–H groups in total. The van der Waals surface area contributed by atoms with Gasteiger partial charge in [-0.2, -0.15) is 0 Å². The van der Waals surface area contributed by atoms with Gasteiger partial charge in [-0.1, -0.05) is 6.92 Å². The number of rotatable bonds is 6. The van der Waals surface area contributed by atoms with Gasteiger partial charge >= 0.3 is 5.97 Å². The second-order valence-electron chi connectivity index (χ2n) is 4.03. The Morgan fingerprint density at radius 1 is 1.55 bits per heavy atom. The van der Waals surface area contributed by atoms with Gasteiger partial charge in [-0.05, 0) is 19.4 Å². The van der Waals surface area contributed by atoms with Gasteiger partial charge in [0.15, 0.2) is 0 Å². The Hall–Kier alpha value is -1.84. The van der Waals surface area contributed by atoms with Crippen LogP contribution in [-0.2, 0) is 16.0 Å². The molecule has 6 heteroatoms. The molecule has 0 bridgehead atoms. The number of hydrogen-bond acceptors (Lipinski definition) is 5. The molecule has 0 aliphatic carbocycles. The molecule has 0 aliphatic rings. The highest BCUT2D eigenvalue weighted by Crippen LogP contribution is 2.29. The zero-order chi connectivity index (χ0) is 15.1. The van der Waals surface area contributed by atoms with Crippen molar-refractivity contribution in [3.05, 3.63) is 16.5 Å². The summed E-state index contributed by atoms with van der Waals surface area (Å²) in [5, 5.41) is 3.10. The van der Waals surface area contributed by atoms with Gasteiger partial charge < -0.3 is 15.8 Å². The van der Waals surface area contributed by atoms with Crippen LogP contribution in [0.25, 0.3) is 0 Å². The number of ether oxygens (including phenoxy) is 1. The van der Waals surface area contributed by atoms with Crippen molar-refractivity contribution >= 4 is 28.2 Å². The number of hydrogen-bond donors (Lipinski definition) is 2. The van der Waals surface area contributed by atoms with E-state index in [9.17, 15) is 9.59 Å². The molecule has 1 amide bonds. The lowest BCUT2D eigenvalue weighted by atomic mass is 10.2. The Labute approximate surface area is 122 Å². The molecule has 0 aromatic carbocycles. The zero-order valence-corrected chi connectivity index (χ0v) is 12.4. The van der Waals surface area contributed by atoms with Crippen molar-refractivity contribution < 1.29 is 14.3 Å². The van der Waals surface area contributed by atoms with Crippen molar-refractivity contribution in [2.45, 2.75) is 32.7 Å². The minimum Gasteiger partial charge on any atom is -0.462 e. The normalized spacial score (nSPS) is 11.5. The van der Waals surface area contributed by atoms with Gasteiger partial charge in [-0.15, -0.1) is 23.7 Å². The summed E-state index contributed by atoms with van der Waals surface area (Å²) in [6, 6.07) is 0.938. The van der Waals surface area contributed by atoms with E-state index < -0.39 is 17.9 Å². The van der Waals surface area contributed by atoms with E-state index in [1.807, 2.05) is 6.92 Å². The summed E-state index contributed by atoms with van der Waals surface area (Å²) >= 11 is 1.34. The van der Waals surface area contributed by atoms with Crippen LogP contribution in [0.1, 0.15) is 35.5 Å². The zero-order valence-electron chi connectivity index (χ0n) is 11.6. The smallest absolute Gasteiger partial charge is 0.341 e. The third-order valence-corrected chi connectivity index (χ3v) is 3.73. The molecule has 0 radical (unpaired) electrons. The monoisotopic (exact) mass is 294 g/mol. The fourth-order valence-electron chi connectivity index (χ4n) is 1.49. The number of anilines is 1. The lowest BCUT2D eigenvalue weighted by Crippen LogP contribution is -2.35. The average Bonchev–Trinajstić information content (AvgIpc) is 2.82. The molecule has 108 valence electrons. The summed E-state index contributed by atoms with van der Waals surface area (Å²) in [7, 11) is 0. The summed E-state index contributed by atoms with van der Waals surface area (Å²) in [5.74, 6) is 1.48. The number of carbonyl (C=O) groups excluding carboxylic acids is 2. The number of carbonyl (C=O) groups is 2. The largest absolute Gasteiger partial charge is 0.462 e. The summed E-state index contributed by atoms with van der Waals surface area (Å²) < 4.78 is 4.97. The first-order chi connectivity index (χ1) is 9.53. The summed E-state index contributed by atoms with van der Waals surface area (Å²) in [5.41, 5.74) is 5.99. The van der Waals surface area contributed by atoms with Crippen LogP contribution in [0.2, 0.25) is 0 Å². The predicted molar refractivity (Wildman–Crippen MR) is 79.7 cm³/mol. The maximum atomic E-state index is 11.9. The van der Waals surface area contributed by atoms with Crippen LogP contribution >= 0.6 is 11.3 Å². The van der Waals surface area contributed by atoms with E-state index in [0.29, 0.717) is 10.6 Å². The molecule has 0 spiro atoms. The van der Waals surface area contributed by atoms with E-state index in [2.05, 4.69) is 11.2 Å². The number of nitrogens with two attached hydrogens (primary N) is 1. The molecular formula is C14H18N2O3S. The van der Waals surface area contributed by atoms with E-state index in [1.54, 1.807) is 13.0 Å². The predicted octanol–water partition coefficient (Wildman–Crippen LogP) is 1.78. The number of aryl methyl sites for hydroxylation is 1. The maximum Gasteiger partial charge on any atom is 0.341 e. The van der Waals surface area contributed by atoms with Crippen molar-refractivity contribution in [1.82, 2.24) is 0 Å². The lowest BCUT2D eigenvalue weighted by molar-refractivity contribution is -0.117. The number of terminal acetylenes is 1. The van der Waals surface area contributed by atoms with Crippen LogP contribution < -0.4 is 11.1 Å². The summed E-state index contributed by atoms with van der Waals surface area (Å²) in [6.45, 7) is 3.97. The van der Waals surface area contributed by atoms with E-state index in [1.165, 1.54) is 11.3 Å². The van der Waals surface area contributed by atoms with Crippen molar-refractivity contribution in [3.63, 3.8) is 0 Å². The molecule has 0 fully saturated rings. The van der Waals surface area contributed by atoms with E-state index >= 15 is 0 Å². The first-order valence-corrected chi connectivity index (χ1v) is 7.14. The van der Waals surface area contributed by atoms with Crippen molar-refractivity contribution in [1.29, 1.82) is 0 Å². The van der Waals surface area contributed by atoms with E-state index in [-0.39, 0.29) is 13.0 Å². The standard InChI is InChI=1S/C14H18N2O3S/c1-4-7-11(15)12(17)16-13-10(14(18)19-6-3)8-9(5-2)20-13/h1,8,11H,5-7,15H2,2-3H3,(H,16,17). The van der Waals surface area contributed by atoms with Crippen LogP contribution in [0.5, 0.6) is 0 Å². The van der Waals surface area contributed by atoms with Gasteiger partial charge in [-0.25, -0.2) is 4.79 Å². The van der Waals surface area contributed by atoms with Crippen LogP contribution in [0.4, 0.5) is 5.00 Å². The average molecular weight is 294 g/mol. The molecule has 0 aliphatic heterocycles. The highest BCUT2D eigenvalue weighted by Gasteiger charge is 2.20. The van der Waals surface area contributed by atoms with Crippen molar-refractivity contribution in [3.8, 4) is 12.3 Å². The number of nitrogens with one attached hydrogen (secondary N) is 1. The summed E-state index contributed by atoms with van der Waals surface area (Å²) in [6.07, 6.45) is 6.04. The Morgan fingerprint density at radius 2 is 2.25 bits per heavy atom. The highest BCUT2D eigenvalue weighted by molar-refractivity contribution is 7.16. The van der Waals surface area contributed by atoms with E-state index in [4.69, 9.17) is 16.9 Å². The number of amides is 1. The molecule has 1 heterocycles. The first kappa shape index (κ1) is 16.2. The topological polar surface area (TPSA) is 81.4 Å². The molecule has 1 atom stereocenters. The number of thiophene rings is 1. The highest BCUT2D eigenvalue weighted by atomic mass is 32.1. The second kappa shape index (κ2) is 7.68. The summed E-state index contributed by atoms with van der Waals surface area (Å²) in [4.78, 5) is 24.7. The lowest BCUT2D eigenvalue weighted by Gasteiger charge is -2.09. The molecule has 20 heavy (non-hydrogen) atoms. The Kier molecular flexibility index (Phi) is 6.22. The van der Waals surface area contributed by atoms with Gasteiger partial charge in [0.1, 0.15) is 5.00 Å². The van der Waals surface area contributed by atoms with Gasteiger partial charge in [0.25, 0.3) is 0 Å².